The van der Waals surface area contributed by atoms with Gasteiger partial charge in [0.25, 0.3) is 5.91 Å². The molecule has 23 heavy (non-hydrogen) atoms. The minimum absolute atomic E-state index is 0.111. The van der Waals surface area contributed by atoms with Crippen LogP contribution in [0.25, 0.3) is 0 Å². The summed E-state index contributed by atoms with van der Waals surface area (Å²) in [5, 5.41) is 21.8. The summed E-state index contributed by atoms with van der Waals surface area (Å²) in [5.41, 5.74) is -0.829. The van der Waals surface area contributed by atoms with Gasteiger partial charge in [0, 0.05) is 25.7 Å². The summed E-state index contributed by atoms with van der Waals surface area (Å²) < 4.78 is 26.7. The maximum absolute atomic E-state index is 12.7. The molecule has 1 aromatic carbocycles. The van der Waals surface area contributed by atoms with E-state index in [1.165, 1.54) is 35.6 Å². The van der Waals surface area contributed by atoms with Crippen LogP contribution in [0.4, 0.5) is 0 Å². The number of rotatable bonds is 4. The molecule has 0 radical (unpaired) electrons. The van der Waals surface area contributed by atoms with Crippen LogP contribution in [0.15, 0.2) is 29.2 Å². The fraction of sp³-hybridized carbons (Fsp3) is 0.533. The van der Waals surface area contributed by atoms with E-state index in [0.29, 0.717) is 24.9 Å². The summed E-state index contributed by atoms with van der Waals surface area (Å²) in [6.45, 7) is 0.0696. The topological polar surface area (TPSA) is 107 Å². The zero-order valence-corrected chi connectivity index (χ0v) is 13.8. The fourth-order valence-electron chi connectivity index (χ4n) is 2.62. The maximum Gasteiger partial charge on any atom is 0.251 e. The van der Waals surface area contributed by atoms with Crippen LogP contribution in [0, 0.1) is 0 Å². The third kappa shape index (κ3) is 3.89. The summed E-state index contributed by atoms with van der Waals surface area (Å²) in [7, 11) is -2.18. The Morgan fingerprint density at radius 3 is 2.48 bits per heavy atom. The predicted octanol–water partition coefficient (Wildman–Crippen LogP) is -0.0558. The second kappa shape index (κ2) is 6.96. The summed E-state index contributed by atoms with van der Waals surface area (Å²) in [4.78, 5) is 11.6. The first-order chi connectivity index (χ1) is 10.8. The molecule has 1 amide bonds. The van der Waals surface area contributed by atoms with Gasteiger partial charge in [0.1, 0.15) is 0 Å². The van der Waals surface area contributed by atoms with E-state index in [1.807, 2.05) is 0 Å². The number of carbonyl (C=O) groups is 1. The van der Waals surface area contributed by atoms with Crippen molar-refractivity contribution < 1.29 is 23.4 Å². The van der Waals surface area contributed by atoms with Gasteiger partial charge in [-0.05, 0) is 43.5 Å². The van der Waals surface area contributed by atoms with Crippen LogP contribution in [-0.2, 0) is 10.0 Å². The molecule has 0 aromatic heterocycles. The van der Waals surface area contributed by atoms with E-state index in [4.69, 9.17) is 0 Å². The number of hydrogen-bond donors (Lipinski definition) is 3. The molecule has 1 unspecified atom stereocenters. The van der Waals surface area contributed by atoms with Crippen molar-refractivity contribution in [3.05, 3.63) is 29.8 Å². The van der Waals surface area contributed by atoms with E-state index in [-0.39, 0.29) is 30.4 Å². The molecule has 0 aliphatic carbocycles. The second-order valence-electron chi connectivity index (χ2n) is 5.74. The Bertz CT molecular complexity index is 659. The Hall–Kier alpha value is -1.48. The van der Waals surface area contributed by atoms with E-state index < -0.39 is 15.6 Å². The highest BCUT2D eigenvalue weighted by Crippen LogP contribution is 2.26. The van der Waals surface area contributed by atoms with E-state index in [9.17, 15) is 23.4 Å². The highest BCUT2D eigenvalue weighted by atomic mass is 32.2. The Morgan fingerprint density at radius 2 is 1.91 bits per heavy atom. The van der Waals surface area contributed by atoms with Gasteiger partial charge in [-0.25, -0.2) is 8.42 Å². The van der Waals surface area contributed by atoms with Crippen LogP contribution in [0.2, 0.25) is 0 Å². The summed E-state index contributed by atoms with van der Waals surface area (Å²) in [6, 6.07) is 5.74. The summed E-state index contributed by atoms with van der Waals surface area (Å²) >= 11 is 0. The van der Waals surface area contributed by atoms with Gasteiger partial charge in [-0.2, -0.15) is 4.31 Å². The third-order valence-electron chi connectivity index (χ3n) is 4.15. The lowest BCUT2D eigenvalue weighted by Gasteiger charge is -2.24. The van der Waals surface area contributed by atoms with Crippen LogP contribution in [0.1, 0.15) is 29.6 Å². The molecular weight excluding hydrogens is 320 g/mol. The van der Waals surface area contributed by atoms with Crippen LogP contribution < -0.4 is 5.32 Å². The monoisotopic (exact) mass is 342 g/mol. The third-order valence-corrected chi connectivity index (χ3v) is 6.06. The number of benzene rings is 1. The lowest BCUT2D eigenvalue weighted by molar-refractivity contribution is -0.0244. The van der Waals surface area contributed by atoms with E-state index in [2.05, 4.69) is 5.32 Å². The van der Waals surface area contributed by atoms with Crippen molar-refractivity contribution in [3.63, 3.8) is 0 Å². The molecule has 7 nitrogen and oxygen atoms in total. The van der Waals surface area contributed by atoms with Crippen molar-refractivity contribution in [2.45, 2.75) is 29.8 Å². The minimum Gasteiger partial charge on any atom is -0.393 e. The Balaban J connectivity index is 2.19. The van der Waals surface area contributed by atoms with Gasteiger partial charge in [-0.3, -0.25) is 4.79 Å². The fourth-order valence-corrected chi connectivity index (χ4v) is 4.10. The molecule has 3 N–H and O–H groups in total. The average Bonchev–Trinajstić information content (AvgIpc) is 2.77. The normalized spacial score (nSPS) is 23.3. The van der Waals surface area contributed by atoms with Crippen LogP contribution in [0.3, 0.4) is 0 Å². The Kier molecular flexibility index (Phi) is 5.41. The molecule has 1 aromatic rings. The Morgan fingerprint density at radius 1 is 1.26 bits per heavy atom. The van der Waals surface area contributed by atoms with Crippen molar-refractivity contribution in [1.29, 1.82) is 0 Å². The predicted molar refractivity (Wildman–Crippen MR) is 84.5 cm³/mol. The van der Waals surface area contributed by atoms with Crippen molar-refractivity contribution in [3.8, 4) is 0 Å². The van der Waals surface area contributed by atoms with Crippen LogP contribution >= 0.6 is 0 Å². The molecule has 2 rings (SSSR count). The molecule has 128 valence electrons. The van der Waals surface area contributed by atoms with Gasteiger partial charge in [0.15, 0.2) is 0 Å². The lowest BCUT2D eigenvalue weighted by atomic mass is 9.96. The summed E-state index contributed by atoms with van der Waals surface area (Å²) in [5.74, 6) is -0.281. The van der Waals surface area contributed by atoms with Crippen molar-refractivity contribution in [1.82, 2.24) is 9.62 Å². The number of aliphatic hydroxyl groups is 2. The van der Waals surface area contributed by atoms with Crippen LogP contribution in [-0.4, -0.2) is 61.2 Å². The SMILES string of the molecule is CNC(=O)c1ccc(S(=O)(=O)N2CCCC(O)(CO)CC2)cc1. The van der Waals surface area contributed by atoms with Crippen molar-refractivity contribution in [2.24, 2.45) is 0 Å². The van der Waals surface area contributed by atoms with Gasteiger partial charge in [0.05, 0.1) is 17.1 Å². The van der Waals surface area contributed by atoms with E-state index in [0.717, 1.165) is 0 Å². The number of aliphatic hydroxyl groups excluding tert-OH is 1. The van der Waals surface area contributed by atoms with Crippen molar-refractivity contribution in [2.75, 3.05) is 26.7 Å². The molecule has 1 fully saturated rings. The smallest absolute Gasteiger partial charge is 0.251 e. The molecular formula is C15H22N2O5S. The highest BCUT2D eigenvalue weighted by Gasteiger charge is 2.34. The zero-order valence-electron chi connectivity index (χ0n) is 13.0. The number of amides is 1. The van der Waals surface area contributed by atoms with E-state index >= 15 is 0 Å². The standard InChI is InChI=1S/C15H22N2O5S/c1-16-14(19)12-3-5-13(6-4-12)23(21,22)17-9-2-7-15(20,11-18)8-10-17/h3-6,18,20H,2,7-11H2,1H3,(H,16,19). The van der Waals surface area contributed by atoms with Crippen molar-refractivity contribution >= 4 is 15.9 Å². The molecule has 1 saturated heterocycles. The van der Waals surface area contributed by atoms with Gasteiger partial charge in [0.2, 0.25) is 10.0 Å². The van der Waals surface area contributed by atoms with Gasteiger partial charge >= 0.3 is 0 Å². The largest absolute Gasteiger partial charge is 0.393 e. The highest BCUT2D eigenvalue weighted by molar-refractivity contribution is 7.89. The molecule has 1 aliphatic rings. The number of carbonyl (C=O) groups excluding carboxylic acids is 1. The zero-order chi connectivity index (χ0) is 17.1. The molecule has 8 heteroatoms. The first kappa shape index (κ1) is 17.9. The number of hydrogen-bond acceptors (Lipinski definition) is 5. The lowest BCUT2D eigenvalue weighted by Crippen LogP contribution is -2.36. The first-order valence-electron chi connectivity index (χ1n) is 7.48. The number of sulfonamides is 1. The summed E-state index contributed by atoms with van der Waals surface area (Å²) in [6.07, 6.45) is 1.04. The quantitative estimate of drug-likeness (QED) is 0.711. The average molecular weight is 342 g/mol. The minimum atomic E-state index is -3.68. The van der Waals surface area contributed by atoms with Gasteiger partial charge in [-0.1, -0.05) is 0 Å². The second-order valence-corrected chi connectivity index (χ2v) is 7.68. The van der Waals surface area contributed by atoms with Gasteiger partial charge in [-0.15, -0.1) is 0 Å². The first-order valence-corrected chi connectivity index (χ1v) is 8.92. The maximum atomic E-state index is 12.7. The molecule has 1 atom stereocenters. The number of nitrogens with one attached hydrogen (secondary N) is 1. The van der Waals surface area contributed by atoms with Crippen LogP contribution in [0.5, 0.6) is 0 Å². The number of nitrogens with zero attached hydrogens (tertiary/aromatic N) is 1. The van der Waals surface area contributed by atoms with E-state index in [1.54, 1.807) is 0 Å². The molecule has 1 heterocycles. The molecule has 0 saturated carbocycles. The Labute approximate surface area is 136 Å². The molecule has 0 bridgehead atoms. The van der Waals surface area contributed by atoms with Gasteiger partial charge < -0.3 is 15.5 Å². The molecule has 0 spiro atoms. The molecule has 1 aliphatic heterocycles.